The van der Waals surface area contributed by atoms with Gasteiger partial charge in [0.25, 0.3) is 0 Å². The number of amides is 1. The average Bonchev–Trinajstić information content (AvgIpc) is 2.47. The summed E-state index contributed by atoms with van der Waals surface area (Å²) < 4.78 is 0.498. The first-order valence-electron chi connectivity index (χ1n) is 5.87. The van der Waals surface area contributed by atoms with Gasteiger partial charge in [0, 0.05) is 0 Å². The van der Waals surface area contributed by atoms with Crippen molar-refractivity contribution in [2.45, 2.75) is 6.54 Å². The first kappa shape index (κ1) is 13.5. The van der Waals surface area contributed by atoms with Gasteiger partial charge in [0.05, 0.1) is 0 Å². The van der Waals surface area contributed by atoms with E-state index in [1.807, 2.05) is 48.5 Å². The predicted octanol–water partition coefficient (Wildman–Crippen LogP) is 2.14. The summed E-state index contributed by atoms with van der Waals surface area (Å²) in [6.07, 6.45) is 0. The van der Waals surface area contributed by atoms with Crippen LogP contribution in [0.4, 0.5) is 0 Å². The molecule has 0 aliphatic heterocycles. The number of carbonyl (C=O) groups is 1. The minimum atomic E-state index is -0.161. The van der Waals surface area contributed by atoms with Crippen molar-refractivity contribution in [3.8, 4) is 0 Å². The second kappa shape index (κ2) is 6.88. The molecule has 0 unspecified atom stereocenters. The normalized spacial score (nSPS) is 11.1. The van der Waals surface area contributed by atoms with E-state index in [-0.39, 0.29) is 5.91 Å². The number of hydrogen-bond donors (Lipinski definition) is 1. The van der Waals surface area contributed by atoms with Crippen molar-refractivity contribution in [2.75, 3.05) is 0 Å². The van der Waals surface area contributed by atoms with Gasteiger partial charge >= 0.3 is 120 Å². The topological polar surface area (TPSA) is 41.5 Å². The number of aliphatic imine (C=N–C) groups is 1. The van der Waals surface area contributed by atoms with Crippen molar-refractivity contribution >= 4 is 26.7 Å². The third-order valence-electron chi connectivity index (χ3n) is 2.50. The zero-order valence-electron chi connectivity index (χ0n) is 10.2. The van der Waals surface area contributed by atoms with Crippen LogP contribution < -0.4 is 5.32 Å². The molecule has 0 saturated heterocycles. The molecule has 0 fully saturated rings. The van der Waals surface area contributed by atoms with Crippen LogP contribution >= 0.6 is 0 Å². The zero-order valence-corrected chi connectivity index (χ0v) is 12.0. The van der Waals surface area contributed by atoms with Crippen LogP contribution in [0.15, 0.2) is 65.7 Å². The zero-order chi connectivity index (χ0) is 13.5. The molecule has 2 aromatic rings. The van der Waals surface area contributed by atoms with Crippen LogP contribution in [0.1, 0.15) is 15.9 Å². The number of hydrogen-bond acceptors (Lipinski definition) is 2. The second-order valence-electron chi connectivity index (χ2n) is 3.93. The van der Waals surface area contributed by atoms with Crippen LogP contribution in [0.3, 0.4) is 0 Å². The monoisotopic (exact) mass is 317 g/mol. The van der Waals surface area contributed by atoms with E-state index in [2.05, 4.69) is 26.3 Å². The van der Waals surface area contributed by atoms with Crippen LogP contribution in [0, 0.1) is 0 Å². The summed E-state index contributed by atoms with van der Waals surface area (Å²) in [6.45, 7) is 0.540. The molecule has 95 valence electrons. The van der Waals surface area contributed by atoms with Gasteiger partial charge in [-0.15, -0.1) is 0 Å². The molecule has 1 N–H and O–H groups in total. The number of carbonyl (C=O) groups excluding carboxylic acids is 1. The molecule has 1 radical (unpaired) electrons. The van der Waals surface area contributed by atoms with Crippen molar-refractivity contribution in [3.63, 3.8) is 0 Å². The van der Waals surface area contributed by atoms with Gasteiger partial charge in [0.1, 0.15) is 0 Å². The van der Waals surface area contributed by atoms with Crippen molar-refractivity contribution in [3.05, 3.63) is 71.8 Å². The summed E-state index contributed by atoms with van der Waals surface area (Å²) >= 11 is 2.77. The summed E-state index contributed by atoms with van der Waals surface area (Å²) in [4.78, 5) is 16.1. The molecule has 2 rings (SSSR count). The molecular weight excluding hydrogens is 303 g/mol. The van der Waals surface area contributed by atoms with Crippen molar-refractivity contribution in [1.82, 2.24) is 5.32 Å². The Labute approximate surface area is 120 Å². The van der Waals surface area contributed by atoms with Gasteiger partial charge < -0.3 is 0 Å². The molecule has 0 aliphatic rings. The van der Waals surface area contributed by atoms with Gasteiger partial charge in [-0.2, -0.15) is 0 Å². The number of benzene rings is 2. The molecule has 0 bridgehead atoms. The summed E-state index contributed by atoms with van der Waals surface area (Å²) in [5.41, 5.74) is 1.72. The van der Waals surface area contributed by atoms with Crippen molar-refractivity contribution < 1.29 is 4.79 Å². The van der Waals surface area contributed by atoms with E-state index in [9.17, 15) is 4.79 Å². The second-order valence-corrected chi connectivity index (χ2v) is 4.74. The Morgan fingerprint density at radius 1 is 1.00 bits per heavy atom. The third kappa shape index (κ3) is 4.36. The third-order valence-corrected chi connectivity index (χ3v) is 2.99. The fraction of sp³-hybridized carbons (Fsp3) is 0.0667. The first-order valence-corrected chi connectivity index (χ1v) is 6.73. The minimum absolute atomic E-state index is 0.161. The molecule has 4 heteroatoms. The van der Waals surface area contributed by atoms with E-state index in [0.717, 1.165) is 5.56 Å². The maximum atomic E-state index is 11.9. The van der Waals surface area contributed by atoms with Crippen LogP contribution in [0.25, 0.3) is 0 Å². The molecule has 0 heterocycles. The van der Waals surface area contributed by atoms with E-state index in [4.69, 9.17) is 0 Å². The van der Waals surface area contributed by atoms with E-state index >= 15 is 0 Å². The van der Waals surface area contributed by atoms with Gasteiger partial charge in [-0.1, -0.05) is 0 Å². The van der Waals surface area contributed by atoms with Crippen LogP contribution in [0.5, 0.6) is 0 Å². The standard InChI is InChI=1S/C15H13N2OSe/c18-14(13-9-5-2-6-10-13)17-15(19)16-11-12-7-3-1-4-8-12/h1-10H,11H2,(H,16,17,18). The van der Waals surface area contributed by atoms with E-state index < -0.39 is 0 Å². The average molecular weight is 316 g/mol. The molecule has 2 aromatic carbocycles. The fourth-order valence-corrected chi connectivity index (χ4v) is 1.87. The van der Waals surface area contributed by atoms with E-state index in [1.165, 1.54) is 0 Å². The summed E-state index contributed by atoms with van der Waals surface area (Å²) in [7, 11) is 0. The van der Waals surface area contributed by atoms with Gasteiger partial charge in [-0.05, 0) is 0 Å². The number of nitrogens with one attached hydrogen (secondary N) is 1. The van der Waals surface area contributed by atoms with Crippen LogP contribution in [0.2, 0.25) is 0 Å². The molecule has 0 aliphatic carbocycles. The molecule has 0 atom stereocenters. The Morgan fingerprint density at radius 3 is 2.21 bits per heavy atom. The first-order chi connectivity index (χ1) is 9.25. The molecule has 1 amide bonds. The van der Waals surface area contributed by atoms with Crippen molar-refractivity contribution in [2.24, 2.45) is 4.99 Å². The number of amidine groups is 1. The number of rotatable bonds is 3. The van der Waals surface area contributed by atoms with E-state index in [1.54, 1.807) is 12.1 Å². The van der Waals surface area contributed by atoms with Crippen molar-refractivity contribution in [1.29, 1.82) is 0 Å². The van der Waals surface area contributed by atoms with Crippen LogP contribution in [-0.4, -0.2) is 26.7 Å². The summed E-state index contributed by atoms with van der Waals surface area (Å²) in [5, 5.41) is 2.72. The van der Waals surface area contributed by atoms with Gasteiger partial charge in [-0.25, -0.2) is 0 Å². The van der Waals surface area contributed by atoms with Gasteiger partial charge in [-0.3, -0.25) is 0 Å². The van der Waals surface area contributed by atoms with Crippen LogP contribution in [-0.2, 0) is 6.54 Å². The molecule has 3 nitrogen and oxygen atoms in total. The summed E-state index contributed by atoms with van der Waals surface area (Å²) in [6, 6.07) is 18.9. The Kier molecular flexibility index (Phi) is 4.90. The van der Waals surface area contributed by atoms with Gasteiger partial charge in [0.15, 0.2) is 0 Å². The van der Waals surface area contributed by atoms with E-state index in [0.29, 0.717) is 16.8 Å². The maximum absolute atomic E-state index is 11.9. The van der Waals surface area contributed by atoms with Gasteiger partial charge in [0.2, 0.25) is 0 Å². The predicted molar refractivity (Wildman–Crippen MR) is 77.2 cm³/mol. The molecular formula is C15H13N2OSe. The quantitative estimate of drug-likeness (QED) is 0.526. The molecule has 0 aromatic heterocycles. The Balaban J connectivity index is 1.94. The number of nitrogens with zero attached hydrogens (tertiary/aromatic N) is 1. The summed E-state index contributed by atoms with van der Waals surface area (Å²) in [5.74, 6) is -0.161. The fourth-order valence-electron chi connectivity index (χ4n) is 1.54. The molecule has 0 spiro atoms. The molecule has 0 saturated carbocycles. The SMILES string of the molecule is O=C(NC([Se])=NCc1ccccc1)c1ccccc1. The molecule has 19 heavy (non-hydrogen) atoms. The Morgan fingerprint density at radius 2 is 1.58 bits per heavy atom. The Bertz CT molecular complexity index is 567. The Hall–Kier alpha value is -1.90.